The molecule has 0 aliphatic heterocycles. The Hall–Kier alpha value is -0.930. The first-order valence-electron chi connectivity index (χ1n) is 7.66. The Morgan fingerprint density at radius 2 is 2.15 bits per heavy atom. The smallest absolute Gasteiger partial charge is 0.0954 e. The summed E-state index contributed by atoms with van der Waals surface area (Å²) in [6, 6.07) is 8.61. The molecule has 1 aromatic heterocycles. The Kier molecular flexibility index (Phi) is 3.83. The number of hydrogen-bond acceptors (Lipinski definition) is 3. The van der Waals surface area contributed by atoms with Gasteiger partial charge < -0.3 is 5.73 Å². The van der Waals surface area contributed by atoms with Gasteiger partial charge >= 0.3 is 0 Å². The molecule has 2 unspecified atom stereocenters. The summed E-state index contributed by atoms with van der Waals surface area (Å²) in [5.74, 6) is 0.628. The van der Waals surface area contributed by atoms with E-state index in [9.17, 15) is 0 Å². The average molecular weight is 288 g/mol. The molecule has 3 rings (SSSR count). The lowest BCUT2D eigenvalue weighted by Crippen LogP contribution is -2.42. The monoisotopic (exact) mass is 288 g/mol. The molecule has 0 bridgehead atoms. The number of nitrogens with zero attached hydrogens (tertiary/aromatic N) is 1. The normalized spacial score (nSPS) is 23.9. The molecule has 20 heavy (non-hydrogen) atoms. The second-order valence-corrected chi connectivity index (χ2v) is 7.90. The van der Waals surface area contributed by atoms with E-state index >= 15 is 0 Å². The molecule has 0 spiro atoms. The summed E-state index contributed by atoms with van der Waals surface area (Å²) >= 11 is 1.80. The first-order valence-corrected chi connectivity index (χ1v) is 8.48. The molecule has 2 nitrogen and oxygen atoms in total. The largest absolute Gasteiger partial charge is 0.327 e. The van der Waals surface area contributed by atoms with Gasteiger partial charge in [0.15, 0.2) is 0 Å². The molecule has 0 saturated heterocycles. The molecular weight excluding hydrogens is 264 g/mol. The van der Waals surface area contributed by atoms with E-state index in [1.807, 2.05) is 0 Å². The van der Waals surface area contributed by atoms with Gasteiger partial charge in [0.1, 0.15) is 0 Å². The van der Waals surface area contributed by atoms with Crippen molar-refractivity contribution >= 4 is 21.6 Å². The van der Waals surface area contributed by atoms with E-state index in [0.717, 1.165) is 11.9 Å². The van der Waals surface area contributed by atoms with Gasteiger partial charge in [0.05, 0.1) is 15.2 Å². The van der Waals surface area contributed by atoms with E-state index in [4.69, 9.17) is 10.7 Å². The number of fused-ring (bicyclic) bond motifs is 1. The molecule has 3 heteroatoms. The second-order valence-electron chi connectivity index (χ2n) is 6.78. The minimum Gasteiger partial charge on any atom is -0.327 e. The first kappa shape index (κ1) is 14.0. The molecular formula is C17H24N2S. The van der Waals surface area contributed by atoms with Crippen molar-refractivity contribution in [3.05, 3.63) is 29.3 Å². The zero-order valence-electron chi connectivity index (χ0n) is 12.4. The van der Waals surface area contributed by atoms with Crippen LogP contribution in [0.15, 0.2) is 24.3 Å². The zero-order valence-corrected chi connectivity index (χ0v) is 13.2. The zero-order chi connectivity index (χ0) is 14.2. The SMILES string of the molecule is CC1(C)CCCCC1C(N)Cc1nc2ccccc2s1. The van der Waals surface area contributed by atoms with E-state index in [0.29, 0.717) is 11.3 Å². The Balaban J connectivity index is 1.76. The first-order chi connectivity index (χ1) is 9.56. The van der Waals surface area contributed by atoms with Gasteiger partial charge in [-0.05, 0) is 36.3 Å². The van der Waals surface area contributed by atoms with Crippen LogP contribution in [0.5, 0.6) is 0 Å². The molecule has 1 aromatic carbocycles. The van der Waals surface area contributed by atoms with E-state index in [2.05, 4.69) is 38.1 Å². The van der Waals surface area contributed by atoms with Crippen LogP contribution in [-0.4, -0.2) is 11.0 Å². The van der Waals surface area contributed by atoms with Crippen molar-refractivity contribution < 1.29 is 0 Å². The van der Waals surface area contributed by atoms with Crippen LogP contribution < -0.4 is 5.73 Å². The molecule has 1 aliphatic carbocycles. The quantitative estimate of drug-likeness (QED) is 0.910. The number of nitrogens with two attached hydrogens (primary N) is 1. The molecule has 1 heterocycles. The van der Waals surface area contributed by atoms with Crippen LogP contribution in [0.1, 0.15) is 44.5 Å². The molecule has 108 valence electrons. The fourth-order valence-corrected chi connectivity index (χ4v) is 4.70. The van der Waals surface area contributed by atoms with Crippen molar-refractivity contribution in [2.45, 2.75) is 52.0 Å². The summed E-state index contributed by atoms with van der Waals surface area (Å²) in [5, 5.41) is 1.19. The molecule has 0 amide bonds. The van der Waals surface area contributed by atoms with Gasteiger partial charge in [0.25, 0.3) is 0 Å². The summed E-state index contributed by atoms with van der Waals surface area (Å²) in [6.07, 6.45) is 6.21. The van der Waals surface area contributed by atoms with Gasteiger partial charge in [-0.3, -0.25) is 0 Å². The van der Waals surface area contributed by atoms with Gasteiger partial charge in [-0.2, -0.15) is 0 Å². The maximum atomic E-state index is 6.54. The van der Waals surface area contributed by atoms with Crippen molar-refractivity contribution in [1.82, 2.24) is 4.98 Å². The van der Waals surface area contributed by atoms with Gasteiger partial charge in [-0.1, -0.05) is 38.8 Å². The molecule has 1 saturated carbocycles. The highest BCUT2D eigenvalue weighted by Gasteiger charge is 2.36. The number of thiazole rings is 1. The third-order valence-electron chi connectivity index (χ3n) is 4.86. The van der Waals surface area contributed by atoms with Crippen LogP contribution in [0.2, 0.25) is 0 Å². The molecule has 0 radical (unpaired) electrons. The van der Waals surface area contributed by atoms with Crippen molar-refractivity contribution in [3.63, 3.8) is 0 Å². The maximum Gasteiger partial charge on any atom is 0.0954 e. The summed E-state index contributed by atoms with van der Waals surface area (Å²) in [4.78, 5) is 4.73. The van der Waals surface area contributed by atoms with Gasteiger partial charge in [-0.15, -0.1) is 11.3 Å². The highest BCUT2D eigenvalue weighted by Crippen LogP contribution is 2.42. The minimum absolute atomic E-state index is 0.242. The highest BCUT2D eigenvalue weighted by atomic mass is 32.1. The topological polar surface area (TPSA) is 38.9 Å². The fraction of sp³-hybridized carbons (Fsp3) is 0.588. The fourth-order valence-electron chi connectivity index (χ4n) is 3.67. The van der Waals surface area contributed by atoms with E-state index < -0.39 is 0 Å². The summed E-state index contributed by atoms with van der Waals surface area (Å²) in [6.45, 7) is 4.77. The van der Waals surface area contributed by atoms with Crippen LogP contribution in [0.4, 0.5) is 0 Å². The Morgan fingerprint density at radius 1 is 1.35 bits per heavy atom. The third-order valence-corrected chi connectivity index (χ3v) is 5.91. The maximum absolute atomic E-state index is 6.54. The predicted octanol–water partition coefficient (Wildman–Crippen LogP) is 4.38. The molecule has 2 aromatic rings. The minimum atomic E-state index is 0.242. The predicted molar refractivity (Wildman–Crippen MR) is 87.0 cm³/mol. The lowest BCUT2D eigenvalue weighted by Gasteiger charge is -2.41. The van der Waals surface area contributed by atoms with Crippen molar-refractivity contribution in [2.75, 3.05) is 0 Å². The lowest BCUT2D eigenvalue weighted by atomic mass is 9.65. The number of benzene rings is 1. The second kappa shape index (κ2) is 5.45. The van der Waals surface area contributed by atoms with Gasteiger partial charge in [0, 0.05) is 12.5 Å². The van der Waals surface area contributed by atoms with Crippen LogP contribution in [0, 0.1) is 11.3 Å². The number of hydrogen-bond donors (Lipinski definition) is 1. The molecule has 1 fully saturated rings. The van der Waals surface area contributed by atoms with Crippen molar-refractivity contribution in [2.24, 2.45) is 17.1 Å². The third kappa shape index (κ3) is 2.75. The standard InChI is InChI=1S/C17H24N2S/c1-17(2)10-6-5-7-12(17)13(18)11-16-19-14-8-3-4-9-15(14)20-16/h3-4,8-9,12-13H,5-7,10-11,18H2,1-2H3. The number of rotatable bonds is 3. The highest BCUT2D eigenvalue weighted by molar-refractivity contribution is 7.18. The Morgan fingerprint density at radius 3 is 2.90 bits per heavy atom. The van der Waals surface area contributed by atoms with E-state index in [1.165, 1.54) is 35.4 Å². The van der Waals surface area contributed by atoms with Crippen LogP contribution in [-0.2, 0) is 6.42 Å². The van der Waals surface area contributed by atoms with Crippen LogP contribution >= 0.6 is 11.3 Å². The summed E-state index contributed by atoms with van der Waals surface area (Å²) in [7, 11) is 0. The van der Waals surface area contributed by atoms with Gasteiger partial charge in [0.2, 0.25) is 0 Å². The molecule has 1 aliphatic rings. The average Bonchev–Trinajstić information content (AvgIpc) is 2.80. The van der Waals surface area contributed by atoms with Crippen LogP contribution in [0.3, 0.4) is 0 Å². The summed E-state index contributed by atoms with van der Waals surface area (Å²) in [5.41, 5.74) is 8.04. The van der Waals surface area contributed by atoms with Crippen molar-refractivity contribution in [3.8, 4) is 0 Å². The van der Waals surface area contributed by atoms with Crippen LogP contribution in [0.25, 0.3) is 10.2 Å². The molecule has 2 atom stereocenters. The molecule has 2 N–H and O–H groups in total. The number of para-hydroxylation sites is 1. The van der Waals surface area contributed by atoms with Crippen molar-refractivity contribution in [1.29, 1.82) is 0 Å². The lowest BCUT2D eigenvalue weighted by molar-refractivity contribution is 0.112. The Labute approximate surface area is 125 Å². The van der Waals surface area contributed by atoms with E-state index in [-0.39, 0.29) is 6.04 Å². The Bertz CT molecular complexity index is 554. The van der Waals surface area contributed by atoms with Gasteiger partial charge in [-0.25, -0.2) is 4.98 Å². The van der Waals surface area contributed by atoms with E-state index in [1.54, 1.807) is 11.3 Å². The summed E-state index contributed by atoms with van der Waals surface area (Å²) < 4.78 is 1.28. The number of aromatic nitrogens is 1.